The molecule has 1 aromatic carbocycles. The zero-order valence-corrected chi connectivity index (χ0v) is 19.5. The number of nitrogens with zero attached hydrogens (tertiary/aromatic N) is 5. The summed E-state index contributed by atoms with van der Waals surface area (Å²) in [5, 5.41) is 7.72. The maximum absolute atomic E-state index is 12.8. The van der Waals surface area contributed by atoms with E-state index in [2.05, 4.69) is 43.5 Å². The second-order valence-corrected chi connectivity index (χ2v) is 8.72. The molecule has 0 saturated carbocycles. The monoisotopic (exact) mass is 432 g/mol. The number of nitrogens with one attached hydrogen (secondary N) is 1. The smallest absolute Gasteiger partial charge is 0.251 e. The fraction of sp³-hybridized carbons (Fsp3) is 0.440. The summed E-state index contributed by atoms with van der Waals surface area (Å²) in [5.74, 6) is 0.540. The van der Waals surface area contributed by atoms with Crippen molar-refractivity contribution in [3.05, 3.63) is 69.8 Å². The van der Waals surface area contributed by atoms with E-state index in [0.717, 1.165) is 48.0 Å². The molecule has 168 valence electrons. The van der Waals surface area contributed by atoms with Gasteiger partial charge < -0.3 is 5.32 Å². The third-order valence-corrected chi connectivity index (χ3v) is 6.13. The lowest BCUT2D eigenvalue weighted by molar-refractivity contribution is -0.120. The molecule has 3 aromatic rings. The Morgan fingerprint density at radius 2 is 1.66 bits per heavy atom. The van der Waals surface area contributed by atoms with Crippen molar-refractivity contribution >= 4 is 5.91 Å². The van der Waals surface area contributed by atoms with Gasteiger partial charge in [-0.2, -0.15) is 5.10 Å². The van der Waals surface area contributed by atoms with Crippen molar-refractivity contribution in [3.63, 3.8) is 0 Å². The minimum absolute atomic E-state index is 0.00642. The fourth-order valence-electron chi connectivity index (χ4n) is 4.41. The van der Waals surface area contributed by atoms with Gasteiger partial charge in [-0.15, -0.1) is 0 Å². The molecule has 0 bridgehead atoms. The van der Waals surface area contributed by atoms with Crippen molar-refractivity contribution in [2.45, 2.75) is 60.0 Å². The van der Waals surface area contributed by atoms with E-state index in [0.29, 0.717) is 12.5 Å². The predicted molar refractivity (Wildman–Crippen MR) is 125 cm³/mol. The number of rotatable bonds is 7. The largest absolute Gasteiger partial charge is 0.352 e. The minimum atomic E-state index is -0.00642. The van der Waals surface area contributed by atoms with Crippen molar-refractivity contribution < 1.29 is 4.79 Å². The minimum Gasteiger partial charge on any atom is -0.352 e. The van der Waals surface area contributed by atoms with Gasteiger partial charge in [-0.3, -0.25) is 9.69 Å². The molecule has 1 aliphatic heterocycles. The van der Waals surface area contributed by atoms with E-state index in [9.17, 15) is 4.79 Å². The lowest BCUT2D eigenvalue weighted by atomic mass is 10.1. The molecule has 32 heavy (non-hydrogen) atoms. The summed E-state index contributed by atoms with van der Waals surface area (Å²) in [6.07, 6.45) is 2.84. The van der Waals surface area contributed by atoms with Crippen molar-refractivity contribution in [3.8, 4) is 5.95 Å². The number of amides is 1. The van der Waals surface area contributed by atoms with E-state index in [-0.39, 0.29) is 12.3 Å². The van der Waals surface area contributed by atoms with Crippen LogP contribution in [0.15, 0.2) is 30.3 Å². The Balaban J connectivity index is 1.44. The molecule has 7 heteroatoms. The van der Waals surface area contributed by atoms with E-state index < -0.39 is 0 Å². The Morgan fingerprint density at radius 3 is 2.34 bits per heavy atom. The molecular formula is C25H32N6O. The predicted octanol–water partition coefficient (Wildman–Crippen LogP) is 3.35. The van der Waals surface area contributed by atoms with Gasteiger partial charge in [0.1, 0.15) is 0 Å². The average Bonchev–Trinajstić information content (AvgIpc) is 3.36. The number of benzene rings is 1. The zero-order valence-electron chi connectivity index (χ0n) is 19.5. The van der Waals surface area contributed by atoms with Gasteiger partial charge in [-0.05, 0) is 70.8 Å². The summed E-state index contributed by atoms with van der Waals surface area (Å²) in [6, 6.07) is 10.3. The first-order valence-corrected chi connectivity index (χ1v) is 11.3. The summed E-state index contributed by atoms with van der Waals surface area (Å²) in [6.45, 7) is 11.6. The molecular weight excluding hydrogens is 400 g/mol. The summed E-state index contributed by atoms with van der Waals surface area (Å²) < 4.78 is 1.74. The number of carbonyl (C=O) groups is 1. The van der Waals surface area contributed by atoms with Gasteiger partial charge in [0.2, 0.25) is 5.91 Å². The third kappa shape index (κ3) is 5.05. The number of aryl methyl sites for hydroxylation is 3. The number of aromatic nitrogens is 4. The summed E-state index contributed by atoms with van der Waals surface area (Å²) in [4.78, 5) is 24.3. The van der Waals surface area contributed by atoms with Gasteiger partial charge in [-0.25, -0.2) is 14.6 Å². The Morgan fingerprint density at radius 1 is 1.00 bits per heavy atom. The lowest BCUT2D eigenvalue weighted by Crippen LogP contribution is -2.26. The van der Waals surface area contributed by atoms with Gasteiger partial charge in [0.15, 0.2) is 0 Å². The molecule has 1 fully saturated rings. The van der Waals surface area contributed by atoms with E-state index in [1.165, 1.54) is 24.0 Å². The molecule has 0 radical (unpaired) electrons. The number of carbonyl (C=O) groups excluding carboxylic acids is 1. The van der Waals surface area contributed by atoms with Crippen LogP contribution in [0.4, 0.5) is 0 Å². The Bertz CT molecular complexity index is 1090. The molecule has 0 atom stereocenters. The molecule has 0 aliphatic carbocycles. The number of likely N-dealkylation sites (tertiary alicyclic amines) is 1. The molecule has 3 heterocycles. The van der Waals surface area contributed by atoms with Gasteiger partial charge in [0.25, 0.3) is 5.95 Å². The van der Waals surface area contributed by atoms with Gasteiger partial charge in [0.05, 0.1) is 12.1 Å². The van der Waals surface area contributed by atoms with Crippen LogP contribution in [0.2, 0.25) is 0 Å². The first kappa shape index (κ1) is 22.1. The van der Waals surface area contributed by atoms with E-state index in [1.54, 1.807) is 4.68 Å². The summed E-state index contributed by atoms with van der Waals surface area (Å²) in [7, 11) is 0. The molecule has 1 aliphatic rings. The molecule has 1 N–H and O–H groups in total. The molecule has 0 spiro atoms. The number of hydrogen-bond acceptors (Lipinski definition) is 5. The number of hydrogen-bond donors (Lipinski definition) is 1. The van der Waals surface area contributed by atoms with Gasteiger partial charge in [-0.1, -0.05) is 24.3 Å². The topological polar surface area (TPSA) is 75.9 Å². The van der Waals surface area contributed by atoms with Gasteiger partial charge >= 0.3 is 0 Å². The normalized spacial score (nSPS) is 14.1. The van der Waals surface area contributed by atoms with Crippen LogP contribution in [-0.4, -0.2) is 43.6 Å². The maximum Gasteiger partial charge on any atom is 0.251 e. The Kier molecular flexibility index (Phi) is 6.65. The highest BCUT2D eigenvalue weighted by Crippen LogP contribution is 2.18. The summed E-state index contributed by atoms with van der Waals surface area (Å²) in [5.41, 5.74) is 6.92. The third-order valence-electron chi connectivity index (χ3n) is 6.13. The van der Waals surface area contributed by atoms with Crippen LogP contribution in [0.25, 0.3) is 5.95 Å². The van der Waals surface area contributed by atoms with E-state index in [4.69, 9.17) is 0 Å². The van der Waals surface area contributed by atoms with Crippen LogP contribution in [0.5, 0.6) is 0 Å². The van der Waals surface area contributed by atoms with Crippen LogP contribution in [0.3, 0.4) is 0 Å². The summed E-state index contributed by atoms with van der Waals surface area (Å²) >= 11 is 0. The molecule has 1 amide bonds. The first-order valence-electron chi connectivity index (χ1n) is 11.3. The van der Waals surface area contributed by atoms with E-state index >= 15 is 0 Å². The average molecular weight is 433 g/mol. The highest BCUT2D eigenvalue weighted by molar-refractivity contribution is 5.79. The molecule has 1 saturated heterocycles. The quantitative estimate of drug-likeness (QED) is 0.620. The SMILES string of the molecule is Cc1cc(C)nc(-n2nc(C)c(CC(=O)NCc3ccccc3CN3CCCC3)c2C)n1. The molecule has 0 unspecified atom stereocenters. The van der Waals surface area contributed by atoms with Crippen molar-refractivity contribution in [2.75, 3.05) is 13.1 Å². The van der Waals surface area contributed by atoms with Crippen LogP contribution in [0, 0.1) is 27.7 Å². The fourth-order valence-corrected chi connectivity index (χ4v) is 4.41. The molecule has 7 nitrogen and oxygen atoms in total. The highest BCUT2D eigenvalue weighted by atomic mass is 16.1. The standard InChI is InChI=1S/C25H32N6O/c1-17-13-18(2)28-25(27-17)31-20(4)23(19(3)29-31)14-24(32)26-15-21-9-5-6-10-22(21)16-30-11-7-8-12-30/h5-6,9-10,13H,7-8,11-12,14-16H2,1-4H3,(H,26,32). The van der Waals surface area contributed by atoms with Gasteiger partial charge in [0, 0.05) is 35.7 Å². The van der Waals surface area contributed by atoms with Crippen LogP contribution in [0.1, 0.15) is 52.3 Å². The Labute approximate surface area is 189 Å². The van der Waals surface area contributed by atoms with Crippen molar-refractivity contribution in [2.24, 2.45) is 0 Å². The zero-order chi connectivity index (χ0) is 22.7. The second kappa shape index (κ2) is 9.61. The van der Waals surface area contributed by atoms with Crippen LogP contribution < -0.4 is 5.32 Å². The Hall–Kier alpha value is -3.06. The van der Waals surface area contributed by atoms with Crippen LogP contribution >= 0.6 is 0 Å². The van der Waals surface area contributed by atoms with Crippen molar-refractivity contribution in [1.82, 2.24) is 30.0 Å². The maximum atomic E-state index is 12.8. The highest BCUT2D eigenvalue weighted by Gasteiger charge is 2.18. The first-order chi connectivity index (χ1) is 15.4. The van der Waals surface area contributed by atoms with E-state index in [1.807, 2.05) is 39.8 Å². The molecule has 2 aromatic heterocycles. The van der Waals surface area contributed by atoms with Crippen molar-refractivity contribution in [1.29, 1.82) is 0 Å². The van der Waals surface area contributed by atoms with Crippen LogP contribution in [-0.2, 0) is 24.3 Å². The molecule has 4 rings (SSSR count). The lowest BCUT2D eigenvalue weighted by Gasteiger charge is -2.17. The second-order valence-electron chi connectivity index (χ2n) is 8.72.